The van der Waals surface area contributed by atoms with Crippen LogP contribution in [0, 0.1) is 0 Å². The number of ether oxygens (including phenoxy) is 2. The molecule has 36 heavy (non-hydrogen) atoms. The van der Waals surface area contributed by atoms with Crippen LogP contribution in [0.3, 0.4) is 0 Å². The molecule has 0 aliphatic carbocycles. The molecular weight excluding hydrogens is 542 g/mol. The summed E-state index contributed by atoms with van der Waals surface area (Å²) in [6.45, 7) is -1.04. The zero-order valence-corrected chi connectivity index (χ0v) is 19.5. The van der Waals surface area contributed by atoms with Crippen LogP contribution >= 0.6 is 15.6 Å². The zero-order chi connectivity index (χ0) is 27.0. The van der Waals surface area contributed by atoms with Gasteiger partial charge in [0.15, 0.2) is 18.8 Å². The number of nitrogens with one attached hydrogen (secondary N) is 1. The van der Waals surface area contributed by atoms with Gasteiger partial charge in [-0.2, -0.15) is 4.31 Å². The van der Waals surface area contributed by atoms with E-state index in [1.807, 2.05) is 4.98 Å². The number of carbonyl (C=O) groups is 1. The van der Waals surface area contributed by atoms with Crippen molar-refractivity contribution >= 4 is 21.9 Å². The van der Waals surface area contributed by atoms with E-state index in [4.69, 9.17) is 9.47 Å². The topological polar surface area (TPSA) is 294 Å². The second-order valence-electron chi connectivity index (χ2n) is 7.56. The Morgan fingerprint density at radius 1 is 0.972 bits per heavy atom. The summed E-state index contributed by atoms with van der Waals surface area (Å²) in [6, 6.07) is 0.923. The summed E-state index contributed by atoms with van der Waals surface area (Å²) in [5.74, 6) is 0. The minimum Gasteiger partial charge on any atom is -0.387 e. The molecule has 204 valence electrons. The smallest absolute Gasteiger partial charge is 0.387 e. The molecule has 19 nitrogen and oxygen atoms in total. The Hall–Kier alpha value is -1.67. The summed E-state index contributed by atoms with van der Waals surface area (Å²) in [6.07, 6.45) is -16.0. The highest BCUT2D eigenvalue weighted by Gasteiger charge is 2.49. The van der Waals surface area contributed by atoms with Crippen molar-refractivity contribution in [3.05, 3.63) is 33.1 Å². The fourth-order valence-electron chi connectivity index (χ4n) is 3.27. The maximum Gasteiger partial charge on any atom is 0.483 e. The summed E-state index contributed by atoms with van der Waals surface area (Å²) in [4.78, 5) is 55.3. The third kappa shape index (κ3) is 6.42. The average molecular weight is 564 g/mol. The number of phosphoric ester groups is 2. The van der Waals surface area contributed by atoms with Crippen molar-refractivity contribution in [1.82, 2.24) is 9.55 Å². The Kier molecular flexibility index (Phi) is 8.81. The molecule has 2 aliphatic rings. The first-order valence-electron chi connectivity index (χ1n) is 9.83. The van der Waals surface area contributed by atoms with Crippen molar-refractivity contribution in [2.75, 3.05) is 6.61 Å². The molecule has 2 aliphatic heterocycles. The van der Waals surface area contributed by atoms with Crippen LogP contribution in [0.25, 0.3) is 0 Å². The van der Waals surface area contributed by atoms with E-state index in [0.717, 1.165) is 12.3 Å². The molecule has 8 unspecified atom stereocenters. The summed E-state index contributed by atoms with van der Waals surface area (Å²) >= 11 is 0. The molecule has 0 bridgehead atoms. The first-order valence-corrected chi connectivity index (χ1v) is 12.8. The number of aliphatic hydroxyl groups excluding tert-OH is 5. The molecule has 0 amide bonds. The molecule has 2 fully saturated rings. The number of carbonyl (C=O) groups excluding carboxylic acids is 1. The first-order chi connectivity index (χ1) is 16.7. The second kappa shape index (κ2) is 11.0. The number of aromatic nitrogens is 2. The van der Waals surface area contributed by atoms with Crippen LogP contribution in [0.2, 0.25) is 0 Å². The van der Waals surface area contributed by atoms with Crippen LogP contribution in [0.5, 0.6) is 0 Å². The normalized spacial score (nSPS) is 38.2. The zero-order valence-electron chi connectivity index (χ0n) is 17.7. The van der Waals surface area contributed by atoms with Gasteiger partial charge in [-0.05, 0) is 0 Å². The summed E-state index contributed by atoms with van der Waals surface area (Å²) in [5, 5.41) is 49.3. The molecule has 0 aromatic carbocycles. The van der Waals surface area contributed by atoms with Gasteiger partial charge in [0, 0.05) is 12.3 Å². The molecule has 0 spiro atoms. The molecule has 0 radical (unpaired) electrons. The second-order valence-corrected chi connectivity index (χ2v) is 10.6. The van der Waals surface area contributed by atoms with Crippen LogP contribution in [-0.4, -0.2) is 107 Å². The highest BCUT2D eigenvalue weighted by Crippen LogP contribution is 2.61. The van der Waals surface area contributed by atoms with E-state index in [1.54, 1.807) is 0 Å². The lowest BCUT2D eigenvalue weighted by Crippen LogP contribution is -2.58. The van der Waals surface area contributed by atoms with Crippen molar-refractivity contribution in [1.29, 1.82) is 0 Å². The Bertz CT molecular complexity index is 1160. The third-order valence-electron chi connectivity index (χ3n) is 5.05. The fraction of sp³-hybridized carbons (Fsp3) is 0.667. The third-order valence-corrected chi connectivity index (χ3v) is 7.65. The van der Waals surface area contributed by atoms with Gasteiger partial charge in [-0.1, -0.05) is 0 Å². The van der Waals surface area contributed by atoms with Crippen LogP contribution < -0.4 is 11.2 Å². The van der Waals surface area contributed by atoms with Crippen molar-refractivity contribution in [2.24, 2.45) is 0 Å². The molecule has 0 saturated carbocycles. The minimum absolute atomic E-state index is 0.00486. The SMILES string of the molecule is O=CC1O[C@H](OP(=O)(O)OP(=O)(O)OCC2OC(n3ccc(=O)[nH]c3=O)C(O)C2O)[C@@H](O)C(O)[C@H]1O. The van der Waals surface area contributed by atoms with Gasteiger partial charge >= 0.3 is 21.3 Å². The molecule has 1 aromatic rings. The van der Waals surface area contributed by atoms with Gasteiger partial charge in [-0.3, -0.25) is 23.4 Å². The van der Waals surface area contributed by atoms with E-state index >= 15 is 0 Å². The first kappa shape index (κ1) is 28.9. The van der Waals surface area contributed by atoms with Crippen molar-refractivity contribution < 1.29 is 72.1 Å². The van der Waals surface area contributed by atoms with E-state index in [0.29, 0.717) is 4.57 Å². The van der Waals surface area contributed by atoms with Gasteiger partial charge in [0.25, 0.3) is 5.56 Å². The lowest BCUT2D eigenvalue weighted by molar-refractivity contribution is -0.266. The largest absolute Gasteiger partial charge is 0.483 e. The predicted molar refractivity (Wildman–Crippen MR) is 108 cm³/mol. The Labute approximate surface area is 199 Å². The lowest BCUT2D eigenvalue weighted by atomic mass is 10.00. The lowest BCUT2D eigenvalue weighted by Gasteiger charge is -2.38. The molecular formula is C15H22N2O17P2. The maximum atomic E-state index is 12.1. The average Bonchev–Trinajstić information content (AvgIpc) is 3.06. The van der Waals surface area contributed by atoms with Crippen LogP contribution in [0.4, 0.5) is 0 Å². The van der Waals surface area contributed by atoms with Crippen molar-refractivity contribution in [3.8, 4) is 0 Å². The Morgan fingerprint density at radius 2 is 1.64 bits per heavy atom. The van der Waals surface area contributed by atoms with Crippen LogP contribution in [-0.2, 0) is 36.8 Å². The molecule has 3 rings (SSSR count). The number of phosphoric acid groups is 2. The van der Waals surface area contributed by atoms with E-state index in [1.165, 1.54) is 0 Å². The van der Waals surface area contributed by atoms with E-state index in [2.05, 4.69) is 13.4 Å². The monoisotopic (exact) mass is 564 g/mol. The quantitative estimate of drug-likeness (QED) is 0.103. The van der Waals surface area contributed by atoms with Gasteiger partial charge in [-0.25, -0.2) is 13.9 Å². The summed E-state index contributed by atoms with van der Waals surface area (Å²) < 4.78 is 47.8. The highest BCUT2D eigenvalue weighted by atomic mass is 31.3. The van der Waals surface area contributed by atoms with Gasteiger partial charge < -0.3 is 49.6 Å². The summed E-state index contributed by atoms with van der Waals surface area (Å²) in [5.41, 5.74) is -1.76. The molecule has 8 N–H and O–H groups in total. The van der Waals surface area contributed by atoms with Crippen LogP contribution in [0.15, 0.2) is 21.9 Å². The highest BCUT2D eigenvalue weighted by molar-refractivity contribution is 7.61. The molecule has 11 atom stereocenters. The number of aliphatic hydroxyl groups is 5. The van der Waals surface area contributed by atoms with E-state index in [-0.39, 0.29) is 6.29 Å². The molecule has 2 saturated heterocycles. The number of nitrogens with zero attached hydrogens (tertiary/aromatic N) is 1. The number of aromatic amines is 1. The number of aldehydes is 1. The van der Waals surface area contributed by atoms with E-state index < -0.39 is 88.7 Å². The fourth-order valence-corrected chi connectivity index (χ4v) is 5.43. The molecule has 21 heteroatoms. The standard InChI is InChI=1S/C15H22N2O17P2/c18-3-5-8(20)10(22)12(24)14(32-5)33-36(28,29)34-35(26,27)30-4-6-9(21)11(23)13(31-6)17-2-1-7(19)16-15(17)25/h1-3,5-6,8-14,20-24H,4H2,(H,26,27)(H,28,29)(H,16,19,25)/t5?,6?,8-,9?,10?,11?,12-,13?,14+/m0/s1. The van der Waals surface area contributed by atoms with E-state index in [9.17, 15) is 58.8 Å². The number of rotatable bonds is 9. The minimum atomic E-state index is -5.63. The van der Waals surface area contributed by atoms with Crippen molar-refractivity contribution in [2.45, 2.75) is 55.2 Å². The maximum absolute atomic E-state index is 12.1. The van der Waals surface area contributed by atoms with Gasteiger partial charge in [0.1, 0.15) is 42.7 Å². The van der Waals surface area contributed by atoms with Crippen molar-refractivity contribution in [3.63, 3.8) is 0 Å². The molecule has 1 aromatic heterocycles. The number of hydrogen-bond acceptors (Lipinski definition) is 15. The number of hydrogen-bond donors (Lipinski definition) is 8. The van der Waals surface area contributed by atoms with Gasteiger partial charge in [-0.15, -0.1) is 0 Å². The molecule has 3 heterocycles. The summed E-state index contributed by atoms with van der Waals surface area (Å²) in [7, 11) is -11.1. The van der Waals surface area contributed by atoms with Gasteiger partial charge in [0.05, 0.1) is 6.61 Å². The Balaban J connectivity index is 1.62. The Morgan fingerprint density at radius 3 is 2.25 bits per heavy atom. The predicted octanol–water partition coefficient (Wildman–Crippen LogP) is -4.59. The van der Waals surface area contributed by atoms with Crippen LogP contribution in [0.1, 0.15) is 6.23 Å². The van der Waals surface area contributed by atoms with Gasteiger partial charge in [0.2, 0.25) is 0 Å². The number of H-pyrrole nitrogens is 1.